The number of nitrogens with two attached hydrogens (primary N) is 2. The normalized spacial score (nSPS) is 11.7. The van der Waals surface area contributed by atoms with Crippen molar-refractivity contribution in [2.45, 2.75) is 6.04 Å². The van der Waals surface area contributed by atoms with Gasteiger partial charge in [0.15, 0.2) is 5.69 Å². The molecule has 0 aliphatic carbocycles. The fourth-order valence-electron chi connectivity index (χ4n) is 3.81. The maximum atomic E-state index is 15.2. The fraction of sp³-hybridized carbons (Fsp3) is 0.160. The van der Waals surface area contributed by atoms with Crippen LogP contribution in [-0.2, 0) is 9.53 Å². The Morgan fingerprint density at radius 3 is 2.65 bits per heavy atom. The van der Waals surface area contributed by atoms with E-state index >= 15 is 4.39 Å². The van der Waals surface area contributed by atoms with Gasteiger partial charge >= 0.3 is 0 Å². The first-order valence-corrected chi connectivity index (χ1v) is 11.8. The van der Waals surface area contributed by atoms with Crippen molar-refractivity contribution in [2.75, 3.05) is 30.9 Å². The lowest BCUT2D eigenvalue weighted by Crippen LogP contribution is -2.45. The molecule has 12 heteroatoms. The number of halogens is 1. The molecule has 190 valence electrons. The molecule has 37 heavy (non-hydrogen) atoms. The average molecular weight is 523 g/mol. The summed E-state index contributed by atoms with van der Waals surface area (Å²) in [5, 5.41) is 3.44. The molecule has 0 unspecified atom stereocenters. The Hall–Kier alpha value is -4.42. The summed E-state index contributed by atoms with van der Waals surface area (Å²) >= 11 is 0.639. The van der Waals surface area contributed by atoms with Gasteiger partial charge in [0, 0.05) is 25.2 Å². The van der Waals surface area contributed by atoms with Crippen LogP contribution in [0.3, 0.4) is 0 Å². The Morgan fingerprint density at radius 1 is 1.16 bits per heavy atom. The Bertz CT molecular complexity index is 1480. The highest BCUT2D eigenvalue weighted by Crippen LogP contribution is 2.35. The van der Waals surface area contributed by atoms with Crippen molar-refractivity contribution in [2.24, 2.45) is 5.73 Å². The predicted octanol–water partition coefficient (Wildman–Crippen LogP) is 2.66. The number of primary amides is 1. The molecular formula is C25H23FN6O4S. The van der Waals surface area contributed by atoms with Crippen LogP contribution in [0.15, 0.2) is 60.8 Å². The van der Waals surface area contributed by atoms with Crippen LogP contribution in [0.25, 0.3) is 10.9 Å². The van der Waals surface area contributed by atoms with Gasteiger partial charge in [-0.15, -0.1) is 0 Å². The second kappa shape index (κ2) is 11.1. The van der Waals surface area contributed by atoms with Gasteiger partial charge in [0.2, 0.25) is 5.91 Å². The summed E-state index contributed by atoms with van der Waals surface area (Å²) in [5.41, 5.74) is 11.7. The lowest BCUT2D eigenvalue weighted by Gasteiger charge is -2.31. The molecule has 3 amide bonds. The van der Waals surface area contributed by atoms with E-state index in [1.807, 2.05) is 0 Å². The van der Waals surface area contributed by atoms with Crippen molar-refractivity contribution >= 4 is 51.5 Å². The number of para-hydroxylation sites is 1. The summed E-state index contributed by atoms with van der Waals surface area (Å²) in [5.74, 6) is -3.08. The number of nitrogen functional groups attached to an aromatic ring is 1. The number of amides is 3. The summed E-state index contributed by atoms with van der Waals surface area (Å²) in [6.45, 7) is 0.367. The number of rotatable bonds is 9. The van der Waals surface area contributed by atoms with E-state index in [4.69, 9.17) is 16.2 Å². The molecule has 0 bridgehead atoms. The third-order valence-electron chi connectivity index (χ3n) is 5.54. The number of benzene rings is 2. The molecule has 4 rings (SSSR count). The fourth-order valence-corrected chi connectivity index (χ4v) is 4.55. The number of nitrogens with zero attached hydrogens (tertiary/aromatic N) is 3. The summed E-state index contributed by atoms with van der Waals surface area (Å²) < 4.78 is 24.1. The minimum absolute atomic E-state index is 0.148. The Kier molecular flexibility index (Phi) is 7.70. The van der Waals surface area contributed by atoms with Gasteiger partial charge in [-0.05, 0) is 47.4 Å². The zero-order valence-electron chi connectivity index (χ0n) is 19.7. The molecule has 0 saturated carbocycles. The second-order valence-corrected chi connectivity index (χ2v) is 8.68. The molecule has 5 N–H and O–H groups in total. The average Bonchev–Trinajstić information content (AvgIpc) is 3.28. The van der Waals surface area contributed by atoms with Gasteiger partial charge in [0.05, 0.1) is 23.5 Å². The molecule has 4 aromatic rings. The third-order valence-corrected chi connectivity index (χ3v) is 6.39. The molecule has 0 saturated heterocycles. The molecule has 10 nitrogen and oxygen atoms in total. The van der Waals surface area contributed by atoms with E-state index in [1.54, 1.807) is 36.5 Å². The maximum absolute atomic E-state index is 15.2. The smallest absolute Gasteiger partial charge is 0.273 e. The number of hydrogen-bond donors (Lipinski definition) is 3. The van der Waals surface area contributed by atoms with Crippen LogP contribution in [0, 0.1) is 5.82 Å². The van der Waals surface area contributed by atoms with Crippen molar-refractivity contribution in [1.82, 2.24) is 14.7 Å². The zero-order valence-corrected chi connectivity index (χ0v) is 20.5. The molecule has 0 radical (unpaired) electrons. The summed E-state index contributed by atoms with van der Waals surface area (Å²) in [7, 11) is 1.48. The van der Waals surface area contributed by atoms with E-state index in [1.165, 1.54) is 31.4 Å². The molecule has 1 atom stereocenters. The van der Waals surface area contributed by atoms with Gasteiger partial charge in [-0.25, -0.2) is 4.39 Å². The lowest BCUT2D eigenvalue weighted by atomic mass is 10.00. The van der Waals surface area contributed by atoms with Crippen LogP contribution in [0.2, 0.25) is 0 Å². The molecule has 0 fully saturated rings. The van der Waals surface area contributed by atoms with E-state index in [-0.39, 0.29) is 35.1 Å². The van der Waals surface area contributed by atoms with E-state index in [2.05, 4.69) is 14.7 Å². The second-order valence-electron chi connectivity index (χ2n) is 7.91. The number of anilines is 2. The number of methoxy groups -OCH3 is 1. The summed E-state index contributed by atoms with van der Waals surface area (Å²) in [6, 6.07) is 12.8. The van der Waals surface area contributed by atoms with Crippen LogP contribution < -0.4 is 21.7 Å². The number of carbonyl (C=O) groups excluding carboxylic acids is 3. The topological polar surface area (TPSA) is 154 Å². The SMILES string of the molecule is COCCNC(=O)[C@@H](c1ccc2ncccc2c1)N(C(=O)c1snc(C(N)=O)c1N)c1ccccc1F. The summed E-state index contributed by atoms with van der Waals surface area (Å²) in [4.78, 5) is 44.4. The highest BCUT2D eigenvalue weighted by molar-refractivity contribution is 7.09. The van der Waals surface area contributed by atoms with Crippen LogP contribution in [-0.4, -0.2) is 47.3 Å². The first-order valence-electron chi connectivity index (χ1n) is 11.1. The van der Waals surface area contributed by atoms with Gasteiger partial charge in [-0.1, -0.05) is 24.3 Å². The van der Waals surface area contributed by atoms with Gasteiger partial charge in [0.25, 0.3) is 11.8 Å². The molecule has 2 heterocycles. The molecule has 2 aromatic carbocycles. The maximum Gasteiger partial charge on any atom is 0.273 e. The minimum atomic E-state index is -1.33. The minimum Gasteiger partial charge on any atom is -0.395 e. The van der Waals surface area contributed by atoms with E-state index < -0.39 is 29.6 Å². The molecular weight excluding hydrogens is 499 g/mol. The van der Waals surface area contributed by atoms with Crippen LogP contribution in [0.5, 0.6) is 0 Å². The van der Waals surface area contributed by atoms with Crippen LogP contribution >= 0.6 is 11.5 Å². The number of hydrogen-bond acceptors (Lipinski definition) is 8. The van der Waals surface area contributed by atoms with Gasteiger partial charge in [-0.3, -0.25) is 24.3 Å². The Labute approximate surface area is 215 Å². The van der Waals surface area contributed by atoms with Crippen molar-refractivity contribution in [3.8, 4) is 0 Å². The standard InChI is InChI=1S/C25H23FN6O4S/c1-36-12-11-30-24(34)21(15-8-9-17-14(13-15)5-4-10-29-17)32(18-7-3-2-6-16(18)26)25(35)22-19(27)20(23(28)33)31-37-22/h2-10,13,21H,11-12,27H2,1H3,(H2,28,33)(H,30,34)/t21-/m1/s1. The van der Waals surface area contributed by atoms with Gasteiger partial charge in [0.1, 0.15) is 16.7 Å². The Morgan fingerprint density at radius 2 is 1.95 bits per heavy atom. The Balaban J connectivity index is 1.91. The van der Waals surface area contributed by atoms with Gasteiger partial charge in [-0.2, -0.15) is 4.37 Å². The van der Waals surface area contributed by atoms with E-state index in [9.17, 15) is 14.4 Å². The zero-order chi connectivity index (χ0) is 26.5. The summed E-state index contributed by atoms with van der Waals surface area (Å²) in [6.07, 6.45) is 1.63. The molecule has 0 spiro atoms. The highest BCUT2D eigenvalue weighted by atomic mass is 32.1. The molecule has 0 aliphatic heterocycles. The van der Waals surface area contributed by atoms with Crippen molar-refractivity contribution in [3.63, 3.8) is 0 Å². The van der Waals surface area contributed by atoms with E-state index in [0.717, 1.165) is 4.90 Å². The van der Waals surface area contributed by atoms with E-state index in [0.29, 0.717) is 28.0 Å². The number of pyridine rings is 1. The number of ether oxygens (including phenoxy) is 1. The largest absolute Gasteiger partial charge is 0.395 e. The number of carbonyl (C=O) groups is 3. The van der Waals surface area contributed by atoms with Crippen LogP contribution in [0.4, 0.5) is 15.8 Å². The highest BCUT2D eigenvalue weighted by Gasteiger charge is 2.37. The van der Waals surface area contributed by atoms with Crippen molar-refractivity contribution in [1.29, 1.82) is 0 Å². The molecule has 0 aliphatic rings. The predicted molar refractivity (Wildman–Crippen MR) is 138 cm³/mol. The molecule has 2 aromatic heterocycles. The van der Waals surface area contributed by atoms with Crippen molar-refractivity contribution in [3.05, 3.63) is 82.7 Å². The number of fused-ring (bicyclic) bond motifs is 1. The van der Waals surface area contributed by atoms with Crippen LogP contribution in [0.1, 0.15) is 31.8 Å². The lowest BCUT2D eigenvalue weighted by molar-refractivity contribution is -0.122. The first kappa shape index (κ1) is 25.7. The third kappa shape index (κ3) is 5.25. The monoisotopic (exact) mass is 522 g/mol. The quantitative estimate of drug-likeness (QED) is 0.286. The first-order chi connectivity index (χ1) is 17.8. The number of nitrogens with one attached hydrogen (secondary N) is 1. The van der Waals surface area contributed by atoms with Gasteiger partial charge < -0.3 is 21.5 Å². The number of aromatic nitrogens is 2. The van der Waals surface area contributed by atoms with Crippen molar-refractivity contribution < 1.29 is 23.5 Å².